The lowest BCUT2D eigenvalue weighted by atomic mass is 9.72. The van der Waals surface area contributed by atoms with Crippen LogP contribution in [0.3, 0.4) is 0 Å². The molecule has 1 N–H and O–H groups in total. The van der Waals surface area contributed by atoms with Crippen LogP contribution in [-0.2, 0) is 13.0 Å². The predicted molar refractivity (Wildman–Crippen MR) is 88.8 cm³/mol. The molecule has 0 unspecified atom stereocenters. The summed E-state index contributed by atoms with van der Waals surface area (Å²) in [4.78, 5) is 4.10. The fourth-order valence-corrected chi connectivity index (χ4v) is 3.85. The molecule has 1 saturated carbocycles. The predicted octanol–water partition coefficient (Wildman–Crippen LogP) is 3.95. The van der Waals surface area contributed by atoms with Crippen molar-refractivity contribution in [3.63, 3.8) is 0 Å². The Balaban J connectivity index is 1.84. The van der Waals surface area contributed by atoms with Crippen molar-refractivity contribution in [3.8, 4) is 0 Å². The Bertz CT molecular complexity index is 621. The average Bonchev–Trinajstić information content (AvgIpc) is 3.04. The Morgan fingerprint density at radius 3 is 2.68 bits per heavy atom. The highest BCUT2D eigenvalue weighted by atomic mass is 35.5. The van der Waals surface area contributed by atoms with Crippen molar-refractivity contribution < 1.29 is 5.11 Å². The fourth-order valence-electron chi connectivity index (χ4n) is 3.72. The molecule has 0 amide bonds. The van der Waals surface area contributed by atoms with Crippen LogP contribution < -0.4 is 0 Å². The van der Waals surface area contributed by atoms with E-state index in [9.17, 15) is 5.11 Å². The smallest absolute Gasteiger partial charge is 0.0946 e. The molecule has 1 fully saturated rings. The van der Waals surface area contributed by atoms with Crippen LogP contribution in [0.5, 0.6) is 0 Å². The Morgan fingerprint density at radius 2 is 2.05 bits per heavy atom. The van der Waals surface area contributed by atoms with Gasteiger partial charge in [0.05, 0.1) is 18.5 Å². The van der Waals surface area contributed by atoms with Crippen LogP contribution in [0.25, 0.3) is 0 Å². The van der Waals surface area contributed by atoms with E-state index in [0.29, 0.717) is 6.54 Å². The largest absolute Gasteiger partial charge is 0.387 e. The molecule has 1 aromatic heterocycles. The minimum atomic E-state index is -0.729. The first-order valence-electron chi connectivity index (χ1n) is 7.83. The van der Waals surface area contributed by atoms with E-state index >= 15 is 0 Å². The van der Waals surface area contributed by atoms with Crippen LogP contribution in [0, 0.1) is 11.3 Å². The summed E-state index contributed by atoms with van der Waals surface area (Å²) >= 11 is 5.96. The van der Waals surface area contributed by atoms with Crippen LogP contribution in [-0.4, -0.2) is 20.3 Å². The van der Waals surface area contributed by atoms with Crippen LogP contribution >= 0.6 is 11.6 Å². The van der Waals surface area contributed by atoms with Gasteiger partial charge in [-0.1, -0.05) is 37.6 Å². The van der Waals surface area contributed by atoms with E-state index in [1.165, 1.54) is 5.56 Å². The molecule has 3 nitrogen and oxygen atoms in total. The fraction of sp³-hybridized carbons (Fsp3) is 0.500. The molecule has 2 atom stereocenters. The van der Waals surface area contributed by atoms with Gasteiger partial charge in [0.1, 0.15) is 0 Å². The summed E-state index contributed by atoms with van der Waals surface area (Å²) in [6.45, 7) is 4.94. The highest BCUT2D eigenvalue weighted by Crippen LogP contribution is 2.51. The van der Waals surface area contributed by atoms with Crippen molar-refractivity contribution in [3.05, 3.63) is 53.6 Å². The summed E-state index contributed by atoms with van der Waals surface area (Å²) < 4.78 is 1.99. The van der Waals surface area contributed by atoms with Crippen molar-refractivity contribution in [2.24, 2.45) is 11.3 Å². The number of aromatic nitrogens is 2. The zero-order valence-corrected chi connectivity index (χ0v) is 13.9. The molecule has 0 radical (unpaired) electrons. The van der Waals surface area contributed by atoms with Crippen molar-refractivity contribution in [2.45, 2.75) is 45.3 Å². The molecule has 1 aliphatic rings. The standard InChI is InChI=1S/C18H23ClN2O/c1-17(2)8-7-15(11-14-3-5-16(19)6-4-14)18(17,22)12-21-10-9-20-13-21/h3-6,9-10,13,15,22H,7-8,11-12H2,1-2H3/t15-,18-/m1/s1. The van der Waals surface area contributed by atoms with Crippen molar-refractivity contribution in [1.29, 1.82) is 0 Å². The summed E-state index contributed by atoms with van der Waals surface area (Å²) in [5.41, 5.74) is 0.401. The van der Waals surface area contributed by atoms with E-state index in [0.717, 1.165) is 24.3 Å². The number of rotatable bonds is 4. The highest BCUT2D eigenvalue weighted by molar-refractivity contribution is 6.30. The third kappa shape index (κ3) is 2.80. The number of hydrogen-bond acceptors (Lipinski definition) is 2. The van der Waals surface area contributed by atoms with Gasteiger partial charge < -0.3 is 9.67 Å². The van der Waals surface area contributed by atoms with Gasteiger partial charge in [-0.25, -0.2) is 4.98 Å². The molecule has 3 rings (SSSR count). The monoisotopic (exact) mass is 318 g/mol. The van der Waals surface area contributed by atoms with Gasteiger partial charge in [0, 0.05) is 17.4 Å². The van der Waals surface area contributed by atoms with Gasteiger partial charge in [-0.2, -0.15) is 0 Å². The quantitative estimate of drug-likeness (QED) is 0.927. The third-order valence-electron chi connectivity index (χ3n) is 5.34. The molecule has 0 saturated heterocycles. The van der Waals surface area contributed by atoms with Gasteiger partial charge in [0.25, 0.3) is 0 Å². The summed E-state index contributed by atoms with van der Waals surface area (Å²) in [6, 6.07) is 7.97. The second-order valence-corrected chi connectivity index (χ2v) is 7.55. The van der Waals surface area contributed by atoms with Gasteiger partial charge in [-0.15, -0.1) is 0 Å². The molecule has 0 aliphatic heterocycles. The molecule has 2 aromatic rings. The molecular formula is C18H23ClN2O. The molecule has 0 bridgehead atoms. The Labute approximate surface area is 137 Å². The van der Waals surface area contributed by atoms with E-state index in [2.05, 4.69) is 31.0 Å². The normalized spacial score (nSPS) is 27.2. The number of hydrogen-bond donors (Lipinski definition) is 1. The SMILES string of the molecule is CC1(C)CC[C@H](Cc2ccc(Cl)cc2)[C@]1(O)Cn1ccnc1. The van der Waals surface area contributed by atoms with Crippen LogP contribution in [0.1, 0.15) is 32.3 Å². The molecule has 118 valence electrons. The molecular weight excluding hydrogens is 296 g/mol. The zero-order valence-electron chi connectivity index (χ0n) is 13.2. The van der Waals surface area contributed by atoms with Gasteiger partial charge in [0.2, 0.25) is 0 Å². The first-order valence-corrected chi connectivity index (χ1v) is 8.21. The topological polar surface area (TPSA) is 38.0 Å². The summed E-state index contributed by atoms with van der Waals surface area (Å²) in [6.07, 6.45) is 8.43. The maximum atomic E-state index is 11.5. The minimum Gasteiger partial charge on any atom is -0.387 e. The van der Waals surface area contributed by atoms with Gasteiger partial charge in [0.15, 0.2) is 0 Å². The van der Waals surface area contributed by atoms with E-state index in [1.807, 2.05) is 22.9 Å². The molecule has 1 aromatic carbocycles. The molecule has 0 spiro atoms. The van der Waals surface area contributed by atoms with Crippen LogP contribution in [0.2, 0.25) is 5.02 Å². The zero-order chi connectivity index (χ0) is 15.8. The first kappa shape index (κ1) is 15.6. The molecule has 1 aliphatic carbocycles. The molecule has 4 heteroatoms. The lowest BCUT2D eigenvalue weighted by Crippen LogP contribution is -2.49. The van der Waals surface area contributed by atoms with Crippen LogP contribution in [0.4, 0.5) is 0 Å². The lowest BCUT2D eigenvalue weighted by Gasteiger charge is -2.41. The second kappa shape index (κ2) is 5.71. The Hall–Kier alpha value is -1.32. The van der Waals surface area contributed by atoms with Gasteiger partial charge in [-0.05, 0) is 48.3 Å². The number of nitrogens with zero attached hydrogens (tertiary/aromatic N) is 2. The Morgan fingerprint density at radius 1 is 1.32 bits per heavy atom. The van der Waals surface area contributed by atoms with Crippen molar-refractivity contribution >= 4 is 11.6 Å². The number of halogens is 1. The van der Waals surface area contributed by atoms with Crippen molar-refractivity contribution in [2.75, 3.05) is 0 Å². The summed E-state index contributed by atoms with van der Waals surface area (Å²) in [7, 11) is 0. The number of benzene rings is 1. The maximum absolute atomic E-state index is 11.5. The lowest BCUT2D eigenvalue weighted by molar-refractivity contribution is -0.0885. The number of imidazole rings is 1. The van der Waals surface area contributed by atoms with E-state index < -0.39 is 5.60 Å². The summed E-state index contributed by atoms with van der Waals surface area (Å²) in [5.74, 6) is 0.242. The van der Waals surface area contributed by atoms with E-state index in [1.54, 1.807) is 12.5 Å². The Kier molecular flexibility index (Phi) is 4.04. The average molecular weight is 319 g/mol. The van der Waals surface area contributed by atoms with E-state index in [-0.39, 0.29) is 11.3 Å². The minimum absolute atomic E-state index is 0.103. The number of aliphatic hydroxyl groups is 1. The summed E-state index contributed by atoms with van der Waals surface area (Å²) in [5, 5.41) is 12.2. The maximum Gasteiger partial charge on any atom is 0.0946 e. The highest BCUT2D eigenvalue weighted by Gasteiger charge is 2.53. The van der Waals surface area contributed by atoms with E-state index in [4.69, 9.17) is 11.6 Å². The van der Waals surface area contributed by atoms with Gasteiger partial charge in [-0.3, -0.25) is 0 Å². The van der Waals surface area contributed by atoms with Gasteiger partial charge >= 0.3 is 0 Å². The molecule has 1 heterocycles. The third-order valence-corrected chi connectivity index (χ3v) is 5.60. The van der Waals surface area contributed by atoms with Crippen LogP contribution in [0.15, 0.2) is 43.0 Å². The second-order valence-electron chi connectivity index (χ2n) is 7.11. The molecule has 22 heavy (non-hydrogen) atoms. The first-order chi connectivity index (χ1) is 10.4. The van der Waals surface area contributed by atoms with Crippen molar-refractivity contribution in [1.82, 2.24) is 9.55 Å².